The van der Waals surface area contributed by atoms with Crippen molar-refractivity contribution in [3.63, 3.8) is 0 Å². The van der Waals surface area contributed by atoms with E-state index in [0.717, 1.165) is 12.1 Å². The van der Waals surface area contributed by atoms with Gasteiger partial charge >= 0.3 is 6.18 Å². The smallest absolute Gasteiger partial charge is 0.338 e. The SMILES string of the molecule is O=Cc1ccc(F)c(N2Cc3cccnc3Nc3ccccc32)c1C(F)(F)F. The number of hydrogen-bond donors (Lipinski definition) is 1. The van der Waals surface area contributed by atoms with Crippen LogP contribution >= 0.6 is 0 Å². The molecule has 1 aromatic heterocycles. The zero-order valence-electron chi connectivity index (χ0n) is 14.3. The van der Waals surface area contributed by atoms with Crippen LogP contribution in [-0.2, 0) is 12.7 Å². The molecule has 0 fully saturated rings. The molecule has 1 aliphatic rings. The van der Waals surface area contributed by atoms with Crippen LogP contribution in [0.1, 0.15) is 21.5 Å². The molecule has 0 amide bonds. The monoisotopic (exact) mass is 387 g/mol. The highest BCUT2D eigenvalue weighted by molar-refractivity contribution is 5.87. The summed E-state index contributed by atoms with van der Waals surface area (Å²) in [5.74, 6) is -0.599. The summed E-state index contributed by atoms with van der Waals surface area (Å²) in [7, 11) is 0. The van der Waals surface area contributed by atoms with Gasteiger partial charge in [-0.2, -0.15) is 13.2 Å². The standard InChI is InChI=1S/C20H13F4N3O/c21-14-8-7-13(11-28)17(20(22,23)24)18(14)27-10-12-4-3-9-25-19(12)26-15-5-1-2-6-16(15)27/h1-9,11H,10H2,(H,25,26). The van der Waals surface area contributed by atoms with Crippen LogP contribution in [0.2, 0.25) is 0 Å². The van der Waals surface area contributed by atoms with E-state index in [1.54, 1.807) is 42.6 Å². The molecule has 4 nitrogen and oxygen atoms in total. The highest BCUT2D eigenvalue weighted by Gasteiger charge is 2.40. The van der Waals surface area contributed by atoms with Crippen LogP contribution in [0, 0.1) is 5.82 Å². The lowest BCUT2D eigenvalue weighted by molar-refractivity contribution is -0.137. The molecule has 0 unspecified atom stereocenters. The molecule has 2 heterocycles. The van der Waals surface area contributed by atoms with E-state index in [-0.39, 0.29) is 12.8 Å². The zero-order valence-corrected chi connectivity index (χ0v) is 14.3. The molecule has 8 heteroatoms. The first-order valence-electron chi connectivity index (χ1n) is 8.32. The van der Waals surface area contributed by atoms with E-state index in [0.29, 0.717) is 22.8 Å². The topological polar surface area (TPSA) is 45.2 Å². The molecular weight excluding hydrogens is 374 g/mol. The third-order valence-corrected chi connectivity index (χ3v) is 4.51. The predicted molar refractivity (Wildman–Crippen MR) is 96.6 cm³/mol. The third-order valence-electron chi connectivity index (χ3n) is 4.51. The fourth-order valence-corrected chi connectivity index (χ4v) is 3.32. The molecule has 1 N–H and O–H groups in total. The van der Waals surface area contributed by atoms with Gasteiger partial charge in [0.1, 0.15) is 11.6 Å². The second-order valence-electron chi connectivity index (χ2n) is 6.22. The lowest BCUT2D eigenvalue weighted by Crippen LogP contribution is -2.23. The van der Waals surface area contributed by atoms with Gasteiger partial charge in [0.25, 0.3) is 0 Å². The van der Waals surface area contributed by atoms with Crippen LogP contribution in [0.5, 0.6) is 0 Å². The van der Waals surface area contributed by atoms with Crippen LogP contribution in [0.25, 0.3) is 0 Å². The summed E-state index contributed by atoms with van der Waals surface area (Å²) in [5, 5.41) is 3.08. The number of carbonyl (C=O) groups excluding carboxylic acids is 1. The summed E-state index contributed by atoms with van der Waals surface area (Å²) in [4.78, 5) is 16.7. The lowest BCUT2D eigenvalue weighted by Gasteiger charge is -2.28. The molecule has 28 heavy (non-hydrogen) atoms. The normalized spacial score (nSPS) is 13.2. The van der Waals surface area contributed by atoms with E-state index in [1.807, 2.05) is 0 Å². The third kappa shape index (κ3) is 2.96. The average molecular weight is 387 g/mol. The fraction of sp³-hybridized carbons (Fsp3) is 0.100. The van der Waals surface area contributed by atoms with Gasteiger partial charge < -0.3 is 10.2 Å². The van der Waals surface area contributed by atoms with Crippen molar-refractivity contribution in [3.05, 3.63) is 77.2 Å². The van der Waals surface area contributed by atoms with Gasteiger partial charge in [-0.3, -0.25) is 4.79 Å². The molecule has 0 saturated heterocycles. The van der Waals surface area contributed by atoms with Crippen molar-refractivity contribution in [3.8, 4) is 0 Å². The van der Waals surface area contributed by atoms with Crippen LogP contribution in [0.15, 0.2) is 54.7 Å². The Balaban J connectivity index is 2.03. The average Bonchev–Trinajstić information content (AvgIpc) is 2.83. The molecule has 0 bridgehead atoms. The van der Waals surface area contributed by atoms with Crippen LogP contribution in [-0.4, -0.2) is 11.3 Å². The molecular formula is C20H13F4N3O. The van der Waals surface area contributed by atoms with Gasteiger partial charge in [-0.1, -0.05) is 18.2 Å². The number of carbonyl (C=O) groups is 1. The highest BCUT2D eigenvalue weighted by atomic mass is 19.4. The van der Waals surface area contributed by atoms with Crippen molar-refractivity contribution in [1.82, 2.24) is 4.98 Å². The maximum atomic E-state index is 14.8. The Labute approximate surface area is 157 Å². The predicted octanol–water partition coefficient (Wildman–Crippen LogP) is 5.45. The molecule has 0 saturated carbocycles. The highest BCUT2D eigenvalue weighted by Crippen LogP contribution is 2.46. The summed E-state index contributed by atoms with van der Waals surface area (Å²) in [5.41, 5.74) is -1.21. The Morgan fingerprint density at radius 1 is 1.07 bits per heavy atom. The van der Waals surface area contributed by atoms with Crippen LogP contribution in [0.3, 0.4) is 0 Å². The van der Waals surface area contributed by atoms with Gasteiger partial charge in [0.2, 0.25) is 0 Å². The minimum atomic E-state index is -4.92. The molecule has 2 aromatic carbocycles. The van der Waals surface area contributed by atoms with E-state index in [2.05, 4.69) is 10.3 Å². The number of aldehydes is 1. The maximum Gasteiger partial charge on any atom is 0.419 e. The quantitative estimate of drug-likeness (QED) is 0.469. The van der Waals surface area contributed by atoms with Crippen molar-refractivity contribution < 1.29 is 22.4 Å². The van der Waals surface area contributed by atoms with Gasteiger partial charge in [-0.15, -0.1) is 0 Å². The number of para-hydroxylation sites is 2. The van der Waals surface area contributed by atoms with Gasteiger partial charge in [0.15, 0.2) is 6.29 Å². The van der Waals surface area contributed by atoms with E-state index >= 15 is 0 Å². The van der Waals surface area contributed by atoms with Crippen molar-refractivity contribution in [2.75, 3.05) is 10.2 Å². The Bertz CT molecular complexity index is 1070. The number of pyridine rings is 1. The first-order chi connectivity index (χ1) is 13.4. The van der Waals surface area contributed by atoms with Gasteiger partial charge in [0, 0.05) is 17.3 Å². The number of halogens is 4. The molecule has 3 aromatic rings. The molecule has 0 spiro atoms. The Kier molecular flexibility index (Phi) is 4.26. The number of rotatable bonds is 2. The van der Waals surface area contributed by atoms with Crippen LogP contribution in [0.4, 0.5) is 40.4 Å². The second-order valence-corrected chi connectivity index (χ2v) is 6.22. The molecule has 0 aliphatic carbocycles. The number of nitrogens with zero attached hydrogens (tertiary/aromatic N) is 2. The zero-order chi connectivity index (χ0) is 19.9. The molecule has 142 valence electrons. The van der Waals surface area contributed by atoms with Gasteiger partial charge in [0.05, 0.1) is 29.2 Å². The summed E-state index contributed by atoms with van der Waals surface area (Å²) in [6, 6.07) is 11.7. The number of anilines is 4. The second kappa shape index (κ2) is 6.63. The first kappa shape index (κ1) is 18.0. The fourth-order valence-electron chi connectivity index (χ4n) is 3.32. The Hall–Kier alpha value is -3.42. The van der Waals surface area contributed by atoms with Crippen molar-refractivity contribution >= 4 is 29.2 Å². The van der Waals surface area contributed by atoms with E-state index in [9.17, 15) is 22.4 Å². The summed E-state index contributed by atoms with van der Waals surface area (Å²) < 4.78 is 56.3. The van der Waals surface area contributed by atoms with E-state index in [4.69, 9.17) is 0 Å². The lowest BCUT2D eigenvalue weighted by atomic mass is 10.0. The number of aromatic nitrogens is 1. The Morgan fingerprint density at radius 3 is 2.61 bits per heavy atom. The maximum absolute atomic E-state index is 14.8. The number of alkyl halides is 3. The molecule has 1 aliphatic heterocycles. The molecule has 0 radical (unpaired) electrons. The summed E-state index contributed by atoms with van der Waals surface area (Å²) >= 11 is 0. The number of benzene rings is 2. The summed E-state index contributed by atoms with van der Waals surface area (Å²) in [6.45, 7) is -0.0600. The first-order valence-corrected chi connectivity index (χ1v) is 8.32. The van der Waals surface area contributed by atoms with E-state index in [1.165, 1.54) is 4.90 Å². The summed E-state index contributed by atoms with van der Waals surface area (Å²) in [6.07, 6.45) is -3.28. The van der Waals surface area contributed by atoms with Crippen molar-refractivity contribution in [1.29, 1.82) is 0 Å². The van der Waals surface area contributed by atoms with Crippen molar-refractivity contribution in [2.24, 2.45) is 0 Å². The van der Waals surface area contributed by atoms with Crippen molar-refractivity contribution in [2.45, 2.75) is 12.7 Å². The number of nitrogens with one attached hydrogen (secondary N) is 1. The van der Waals surface area contributed by atoms with Crippen LogP contribution < -0.4 is 10.2 Å². The minimum absolute atomic E-state index is 0.0600. The minimum Gasteiger partial charge on any atom is -0.338 e. The van der Waals surface area contributed by atoms with Gasteiger partial charge in [-0.05, 0) is 30.3 Å². The molecule has 0 atom stereocenters. The number of fused-ring (bicyclic) bond motifs is 2. The molecule has 4 rings (SSSR count). The largest absolute Gasteiger partial charge is 0.419 e. The number of hydrogen-bond acceptors (Lipinski definition) is 4. The van der Waals surface area contributed by atoms with Gasteiger partial charge in [-0.25, -0.2) is 9.37 Å². The van der Waals surface area contributed by atoms with E-state index < -0.39 is 28.8 Å². The Morgan fingerprint density at radius 2 is 1.86 bits per heavy atom.